The van der Waals surface area contributed by atoms with Crippen LogP contribution >= 0.6 is 0 Å². The van der Waals surface area contributed by atoms with Gasteiger partial charge in [-0.3, -0.25) is 14.9 Å². The Labute approximate surface area is 122 Å². The van der Waals surface area contributed by atoms with Crippen molar-refractivity contribution in [3.05, 3.63) is 39.7 Å². The van der Waals surface area contributed by atoms with Gasteiger partial charge >= 0.3 is 5.69 Å². The lowest BCUT2D eigenvalue weighted by Crippen LogP contribution is -2.41. The van der Waals surface area contributed by atoms with E-state index in [1.165, 1.54) is 0 Å². The fourth-order valence-corrected chi connectivity index (χ4v) is 2.12. The number of amides is 1. The average Bonchev–Trinajstić information content (AvgIpc) is 2.34. The average molecular weight is 298 g/mol. The van der Waals surface area contributed by atoms with Gasteiger partial charge in [-0.05, 0) is 31.4 Å². The summed E-state index contributed by atoms with van der Waals surface area (Å²) in [6, 6.07) is 2.91. The molecule has 0 saturated carbocycles. The number of nitro benzene ring substituents is 1. The Kier molecular flexibility index (Phi) is 5.37. The lowest BCUT2D eigenvalue weighted by Gasteiger charge is -2.25. The van der Waals surface area contributed by atoms with Crippen molar-refractivity contribution in [3.8, 4) is 0 Å². The van der Waals surface area contributed by atoms with Gasteiger partial charge in [0.15, 0.2) is 0 Å². The largest absolute Gasteiger partial charge is 0.388 e. The van der Waals surface area contributed by atoms with E-state index in [0.29, 0.717) is 6.42 Å². The topological polar surface area (TPSA) is 92.5 Å². The van der Waals surface area contributed by atoms with Gasteiger partial charge in [0.05, 0.1) is 10.5 Å². The molecule has 1 rings (SSSR count). The third-order valence-electron chi connectivity index (χ3n) is 2.88. The van der Waals surface area contributed by atoms with Crippen molar-refractivity contribution in [2.45, 2.75) is 32.8 Å². The fourth-order valence-electron chi connectivity index (χ4n) is 2.12. The van der Waals surface area contributed by atoms with Crippen LogP contribution in [0.5, 0.6) is 0 Å². The van der Waals surface area contributed by atoms with E-state index < -0.39 is 27.9 Å². The van der Waals surface area contributed by atoms with E-state index in [9.17, 15) is 24.4 Å². The van der Waals surface area contributed by atoms with Crippen molar-refractivity contribution in [2.24, 2.45) is 5.92 Å². The molecule has 0 aliphatic carbocycles. The van der Waals surface area contributed by atoms with E-state index in [1.54, 1.807) is 6.92 Å². The van der Waals surface area contributed by atoms with E-state index in [0.717, 1.165) is 18.2 Å². The number of nitrogens with zero attached hydrogens (tertiary/aromatic N) is 1. The second-order valence-corrected chi connectivity index (χ2v) is 5.70. The van der Waals surface area contributed by atoms with Gasteiger partial charge in [0.1, 0.15) is 0 Å². The number of hydrogen-bond acceptors (Lipinski definition) is 4. The molecular formula is C14H19FN2O4. The van der Waals surface area contributed by atoms with Crippen LogP contribution in [-0.4, -0.2) is 28.1 Å². The van der Waals surface area contributed by atoms with Crippen molar-refractivity contribution in [1.82, 2.24) is 5.32 Å². The first kappa shape index (κ1) is 17.0. The van der Waals surface area contributed by atoms with Gasteiger partial charge in [0.2, 0.25) is 5.82 Å². The van der Waals surface area contributed by atoms with Crippen LogP contribution in [0.2, 0.25) is 0 Å². The molecule has 7 heteroatoms. The Bertz CT molecular complexity index is 544. The first-order chi connectivity index (χ1) is 9.62. The minimum Gasteiger partial charge on any atom is -0.388 e. The molecule has 116 valence electrons. The minimum atomic E-state index is -1.07. The molecule has 1 atom stereocenters. The molecule has 1 aromatic rings. The molecule has 0 aliphatic heterocycles. The number of nitro groups is 1. The molecule has 0 bridgehead atoms. The van der Waals surface area contributed by atoms with E-state index in [2.05, 4.69) is 5.32 Å². The molecule has 0 aromatic heterocycles. The maximum absolute atomic E-state index is 13.2. The highest BCUT2D eigenvalue weighted by Crippen LogP contribution is 2.19. The first-order valence-electron chi connectivity index (χ1n) is 6.57. The van der Waals surface area contributed by atoms with Crippen molar-refractivity contribution in [2.75, 3.05) is 6.54 Å². The van der Waals surface area contributed by atoms with Gasteiger partial charge in [-0.2, -0.15) is 4.39 Å². The molecule has 0 heterocycles. The summed E-state index contributed by atoms with van der Waals surface area (Å²) in [5.41, 5.74) is -1.85. The predicted molar refractivity (Wildman–Crippen MR) is 75.5 cm³/mol. The minimum absolute atomic E-state index is 0.00911. The Morgan fingerprint density at radius 3 is 2.67 bits per heavy atom. The molecule has 2 N–H and O–H groups in total. The van der Waals surface area contributed by atoms with Gasteiger partial charge in [0.25, 0.3) is 5.91 Å². The molecule has 0 spiro atoms. The zero-order chi connectivity index (χ0) is 16.2. The predicted octanol–water partition coefficient (Wildman–Crippen LogP) is 2.26. The summed E-state index contributed by atoms with van der Waals surface area (Å²) in [4.78, 5) is 21.6. The van der Waals surface area contributed by atoms with E-state index in [1.807, 2.05) is 13.8 Å². The van der Waals surface area contributed by atoms with Crippen LogP contribution in [0.4, 0.5) is 10.1 Å². The van der Waals surface area contributed by atoms with Gasteiger partial charge in [-0.25, -0.2) is 0 Å². The summed E-state index contributed by atoms with van der Waals surface area (Å²) < 4.78 is 13.2. The lowest BCUT2D eigenvalue weighted by atomic mass is 9.94. The Morgan fingerprint density at radius 1 is 1.52 bits per heavy atom. The highest BCUT2D eigenvalue weighted by Gasteiger charge is 2.24. The van der Waals surface area contributed by atoms with E-state index >= 15 is 0 Å². The molecule has 6 nitrogen and oxygen atoms in total. The number of nitrogens with one attached hydrogen (secondary N) is 1. The molecule has 0 fully saturated rings. The monoisotopic (exact) mass is 298 g/mol. The van der Waals surface area contributed by atoms with Crippen LogP contribution < -0.4 is 5.32 Å². The number of benzene rings is 1. The Hall–Kier alpha value is -2.02. The summed E-state index contributed by atoms with van der Waals surface area (Å²) in [6.07, 6.45) is 0.497. The summed E-state index contributed by atoms with van der Waals surface area (Å²) in [6.45, 7) is 5.49. The molecule has 21 heavy (non-hydrogen) atoms. The molecule has 1 unspecified atom stereocenters. The van der Waals surface area contributed by atoms with Crippen molar-refractivity contribution < 1.29 is 19.2 Å². The standard InChI is InChI=1S/C14H19FN2O4/c1-9(2)7-14(3,19)8-16-13(18)10-4-5-11(15)12(6-10)17(20)21/h4-6,9,19H,7-8H2,1-3H3,(H,16,18). The van der Waals surface area contributed by atoms with Crippen molar-refractivity contribution >= 4 is 11.6 Å². The fraction of sp³-hybridized carbons (Fsp3) is 0.500. The first-order valence-corrected chi connectivity index (χ1v) is 6.57. The number of rotatable bonds is 6. The van der Waals surface area contributed by atoms with Crippen LogP contribution in [0.25, 0.3) is 0 Å². The molecule has 0 aliphatic rings. The number of aliphatic hydroxyl groups is 1. The summed E-state index contributed by atoms with van der Waals surface area (Å²) in [5.74, 6) is -1.34. The summed E-state index contributed by atoms with van der Waals surface area (Å²) >= 11 is 0. The zero-order valence-corrected chi connectivity index (χ0v) is 12.2. The van der Waals surface area contributed by atoms with Gasteiger partial charge in [-0.15, -0.1) is 0 Å². The van der Waals surface area contributed by atoms with Crippen LogP contribution in [0.15, 0.2) is 18.2 Å². The number of carbonyl (C=O) groups excluding carboxylic acids is 1. The second kappa shape index (κ2) is 6.62. The smallest absolute Gasteiger partial charge is 0.305 e. The third kappa shape index (κ3) is 5.11. The molecule has 1 amide bonds. The normalized spacial score (nSPS) is 13.8. The van der Waals surface area contributed by atoms with Crippen molar-refractivity contribution in [1.29, 1.82) is 0 Å². The van der Waals surface area contributed by atoms with Crippen LogP contribution in [-0.2, 0) is 0 Å². The Balaban J connectivity index is 2.77. The SMILES string of the molecule is CC(C)CC(C)(O)CNC(=O)c1ccc(F)c([N+](=O)[O-])c1. The van der Waals surface area contributed by atoms with Gasteiger partial charge < -0.3 is 10.4 Å². The van der Waals surface area contributed by atoms with Crippen molar-refractivity contribution in [3.63, 3.8) is 0 Å². The van der Waals surface area contributed by atoms with E-state index in [-0.39, 0.29) is 18.0 Å². The van der Waals surface area contributed by atoms with Crippen LogP contribution in [0.1, 0.15) is 37.6 Å². The molecule has 0 radical (unpaired) electrons. The van der Waals surface area contributed by atoms with Gasteiger partial charge in [-0.1, -0.05) is 13.8 Å². The highest BCUT2D eigenvalue weighted by molar-refractivity contribution is 5.94. The zero-order valence-electron chi connectivity index (χ0n) is 12.2. The molecule has 0 saturated heterocycles. The maximum Gasteiger partial charge on any atom is 0.305 e. The second-order valence-electron chi connectivity index (χ2n) is 5.70. The quantitative estimate of drug-likeness (QED) is 0.622. The highest BCUT2D eigenvalue weighted by atomic mass is 19.1. The molecule has 1 aromatic carbocycles. The summed E-state index contributed by atoms with van der Waals surface area (Å²) in [5, 5.41) is 23.2. The number of halogens is 1. The number of hydrogen-bond donors (Lipinski definition) is 2. The van der Waals surface area contributed by atoms with Gasteiger partial charge in [0, 0.05) is 18.2 Å². The number of carbonyl (C=O) groups is 1. The van der Waals surface area contributed by atoms with Crippen LogP contribution in [0, 0.1) is 21.8 Å². The van der Waals surface area contributed by atoms with Crippen LogP contribution in [0.3, 0.4) is 0 Å². The lowest BCUT2D eigenvalue weighted by molar-refractivity contribution is -0.387. The van der Waals surface area contributed by atoms with E-state index in [4.69, 9.17) is 0 Å². The molecular weight excluding hydrogens is 279 g/mol. The third-order valence-corrected chi connectivity index (χ3v) is 2.88. The summed E-state index contributed by atoms with van der Waals surface area (Å²) in [7, 11) is 0. The Morgan fingerprint density at radius 2 is 2.14 bits per heavy atom. The maximum atomic E-state index is 13.2.